The van der Waals surface area contributed by atoms with Gasteiger partial charge in [0.2, 0.25) is 5.13 Å². The number of benzene rings is 1. The zero-order chi connectivity index (χ0) is 15.5. The largest absolute Gasteiger partial charge is 0.330 e. The molecule has 1 aliphatic heterocycles. The van der Waals surface area contributed by atoms with E-state index in [0.29, 0.717) is 0 Å². The Bertz CT molecular complexity index is 666. The van der Waals surface area contributed by atoms with Gasteiger partial charge in [0, 0.05) is 5.69 Å². The number of anilines is 2. The highest BCUT2D eigenvalue weighted by atomic mass is 32.1. The molecule has 0 bridgehead atoms. The standard InChI is InChI=1S/C16H22N4S2/c1-12-3-5-14(6-4-12)17-15-18-20(16(21)22-15)11-19-9-7-13(2)8-10-19/h3-6,13H,7-11H2,1-2H3,(H,17,18)/p+1. The number of aromatic nitrogens is 2. The van der Waals surface area contributed by atoms with E-state index in [2.05, 4.69) is 48.5 Å². The minimum atomic E-state index is 0.848. The van der Waals surface area contributed by atoms with Crippen LogP contribution in [0.4, 0.5) is 10.8 Å². The maximum atomic E-state index is 5.47. The second kappa shape index (κ2) is 6.89. The molecule has 3 rings (SSSR count). The molecule has 2 aromatic rings. The van der Waals surface area contributed by atoms with Gasteiger partial charge >= 0.3 is 0 Å². The average Bonchev–Trinajstić information content (AvgIpc) is 2.84. The van der Waals surface area contributed by atoms with Crippen molar-refractivity contribution in [1.29, 1.82) is 0 Å². The SMILES string of the molecule is Cc1ccc(Nc2nn(C[NH+]3CCC(C)CC3)c(=S)s2)cc1. The van der Waals surface area contributed by atoms with Crippen molar-refractivity contribution in [3.05, 3.63) is 33.8 Å². The fraction of sp³-hybridized carbons (Fsp3) is 0.500. The molecular formula is C16H23N4S2+. The molecule has 22 heavy (non-hydrogen) atoms. The zero-order valence-electron chi connectivity index (χ0n) is 13.1. The second-order valence-electron chi connectivity index (χ2n) is 6.25. The molecule has 0 aliphatic carbocycles. The first-order chi connectivity index (χ1) is 10.6. The molecule has 0 spiro atoms. The van der Waals surface area contributed by atoms with Gasteiger partial charge < -0.3 is 10.2 Å². The summed E-state index contributed by atoms with van der Waals surface area (Å²) in [4.78, 5) is 1.58. The molecule has 1 saturated heterocycles. The Morgan fingerprint density at radius 2 is 2.00 bits per heavy atom. The van der Waals surface area contributed by atoms with E-state index in [1.165, 1.54) is 31.5 Å². The molecule has 0 radical (unpaired) electrons. The Hall–Kier alpha value is -1.24. The van der Waals surface area contributed by atoms with Crippen molar-refractivity contribution in [3.63, 3.8) is 0 Å². The van der Waals surface area contributed by atoms with E-state index >= 15 is 0 Å². The molecule has 1 aliphatic rings. The van der Waals surface area contributed by atoms with Gasteiger partial charge in [0.05, 0.1) is 13.1 Å². The molecule has 118 valence electrons. The van der Waals surface area contributed by atoms with E-state index in [-0.39, 0.29) is 0 Å². The minimum absolute atomic E-state index is 0.848. The topological polar surface area (TPSA) is 34.3 Å². The third-order valence-corrected chi connectivity index (χ3v) is 5.49. The van der Waals surface area contributed by atoms with E-state index < -0.39 is 0 Å². The van der Waals surface area contributed by atoms with Crippen molar-refractivity contribution in [3.8, 4) is 0 Å². The quantitative estimate of drug-likeness (QED) is 0.843. The number of nitrogens with one attached hydrogen (secondary N) is 2. The number of hydrogen-bond acceptors (Lipinski definition) is 4. The third-order valence-electron chi connectivity index (χ3n) is 4.26. The summed E-state index contributed by atoms with van der Waals surface area (Å²) < 4.78 is 2.82. The molecule has 0 saturated carbocycles. The number of quaternary nitrogens is 1. The van der Waals surface area contributed by atoms with E-state index in [1.807, 2.05) is 4.68 Å². The summed E-state index contributed by atoms with van der Waals surface area (Å²) in [5, 5.41) is 8.86. The van der Waals surface area contributed by atoms with Gasteiger partial charge in [-0.3, -0.25) is 0 Å². The van der Waals surface area contributed by atoms with Crippen LogP contribution in [0.15, 0.2) is 24.3 Å². The lowest BCUT2D eigenvalue weighted by atomic mass is 10.00. The van der Waals surface area contributed by atoms with E-state index in [9.17, 15) is 0 Å². The Labute approximate surface area is 140 Å². The molecule has 2 N–H and O–H groups in total. The lowest BCUT2D eigenvalue weighted by molar-refractivity contribution is -0.929. The van der Waals surface area contributed by atoms with Gasteiger partial charge in [0.25, 0.3) is 0 Å². The molecule has 2 heterocycles. The molecule has 4 nitrogen and oxygen atoms in total. The Morgan fingerprint density at radius 3 is 2.68 bits per heavy atom. The number of likely N-dealkylation sites (tertiary alicyclic amines) is 1. The van der Waals surface area contributed by atoms with Gasteiger partial charge in [0.15, 0.2) is 10.6 Å². The van der Waals surface area contributed by atoms with Gasteiger partial charge in [-0.1, -0.05) is 36.0 Å². The summed E-state index contributed by atoms with van der Waals surface area (Å²) >= 11 is 7.01. The molecule has 1 fully saturated rings. The van der Waals surface area contributed by atoms with Crippen LogP contribution in [0.25, 0.3) is 0 Å². The summed E-state index contributed by atoms with van der Waals surface area (Å²) in [7, 11) is 0. The van der Waals surface area contributed by atoms with Gasteiger partial charge in [0.1, 0.15) is 0 Å². The summed E-state index contributed by atoms with van der Waals surface area (Å²) in [6, 6.07) is 8.33. The Balaban J connectivity index is 1.65. The van der Waals surface area contributed by atoms with Crippen LogP contribution in [-0.2, 0) is 6.67 Å². The minimum Gasteiger partial charge on any atom is -0.330 e. The van der Waals surface area contributed by atoms with Crippen molar-refractivity contribution in [2.45, 2.75) is 33.4 Å². The Morgan fingerprint density at radius 1 is 1.32 bits per heavy atom. The first-order valence-corrected chi connectivity index (χ1v) is 9.08. The molecule has 1 aromatic heterocycles. The summed E-state index contributed by atoms with van der Waals surface area (Å²) in [6.07, 6.45) is 2.61. The predicted molar refractivity (Wildman–Crippen MR) is 94.5 cm³/mol. The molecule has 0 unspecified atom stereocenters. The van der Waals surface area contributed by atoms with Crippen LogP contribution < -0.4 is 10.2 Å². The highest BCUT2D eigenvalue weighted by molar-refractivity contribution is 7.73. The lowest BCUT2D eigenvalue weighted by Gasteiger charge is -2.26. The van der Waals surface area contributed by atoms with Crippen molar-refractivity contribution in [2.24, 2.45) is 5.92 Å². The van der Waals surface area contributed by atoms with Gasteiger partial charge in [-0.05, 0) is 50.0 Å². The molecule has 1 aromatic carbocycles. The monoisotopic (exact) mass is 335 g/mol. The van der Waals surface area contributed by atoms with Gasteiger partial charge in [-0.2, -0.15) is 4.68 Å². The summed E-state index contributed by atoms with van der Waals surface area (Å²) in [5.41, 5.74) is 2.31. The number of aryl methyl sites for hydroxylation is 1. The maximum absolute atomic E-state index is 5.47. The van der Waals surface area contributed by atoms with E-state index in [1.54, 1.807) is 16.2 Å². The van der Waals surface area contributed by atoms with Crippen molar-refractivity contribution in [1.82, 2.24) is 9.78 Å². The molecule has 0 amide bonds. The third kappa shape index (κ3) is 3.94. The molecule has 6 heteroatoms. The van der Waals surface area contributed by atoms with Crippen LogP contribution in [0, 0.1) is 16.8 Å². The number of hydrogen-bond donors (Lipinski definition) is 2. The summed E-state index contributed by atoms with van der Waals surface area (Å²) in [6.45, 7) is 7.76. The molecular weight excluding hydrogens is 312 g/mol. The first kappa shape index (κ1) is 15.6. The van der Waals surface area contributed by atoms with E-state index in [4.69, 9.17) is 12.2 Å². The summed E-state index contributed by atoms with van der Waals surface area (Å²) in [5.74, 6) is 0.867. The van der Waals surface area contributed by atoms with Gasteiger partial charge in [-0.15, -0.1) is 5.10 Å². The average molecular weight is 336 g/mol. The predicted octanol–water partition coefficient (Wildman–Crippen LogP) is 3.00. The maximum Gasteiger partial charge on any atom is 0.209 e. The Kier molecular flexibility index (Phi) is 4.90. The first-order valence-electron chi connectivity index (χ1n) is 7.85. The lowest BCUT2D eigenvalue weighted by Crippen LogP contribution is -3.12. The highest BCUT2D eigenvalue weighted by Crippen LogP contribution is 2.20. The smallest absolute Gasteiger partial charge is 0.209 e. The van der Waals surface area contributed by atoms with Crippen LogP contribution in [0.3, 0.4) is 0 Å². The van der Waals surface area contributed by atoms with E-state index in [0.717, 1.165) is 27.4 Å². The number of nitrogens with zero attached hydrogens (tertiary/aromatic N) is 2. The zero-order valence-corrected chi connectivity index (χ0v) is 14.8. The number of piperidine rings is 1. The highest BCUT2D eigenvalue weighted by Gasteiger charge is 2.20. The fourth-order valence-electron chi connectivity index (χ4n) is 2.76. The normalized spacial score (nSPS) is 21.7. The van der Waals surface area contributed by atoms with Crippen LogP contribution in [0.2, 0.25) is 0 Å². The van der Waals surface area contributed by atoms with Crippen LogP contribution in [-0.4, -0.2) is 22.9 Å². The van der Waals surface area contributed by atoms with Crippen molar-refractivity contribution < 1.29 is 4.90 Å². The van der Waals surface area contributed by atoms with Crippen LogP contribution in [0.1, 0.15) is 25.3 Å². The van der Waals surface area contributed by atoms with Crippen molar-refractivity contribution >= 4 is 34.4 Å². The second-order valence-corrected chi connectivity index (χ2v) is 7.88. The van der Waals surface area contributed by atoms with Gasteiger partial charge in [-0.25, -0.2) is 0 Å². The van der Waals surface area contributed by atoms with Crippen molar-refractivity contribution in [2.75, 3.05) is 18.4 Å². The van der Waals surface area contributed by atoms with Crippen LogP contribution in [0.5, 0.6) is 0 Å². The molecule has 0 atom stereocenters. The fourth-order valence-corrected chi connectivity index (χ4v) is 3.78. The van der Waals surface area contributed by atoms with Crippen LogP contribution >= 0.6 is 23.6 Å². The number of rotatable bonds is 4.